The van der Waals surface area contributed by atoms with Gasteiger partial charge >= 0.3 is 0 Å². The van der Waals surface area contributed by atoms with E-state index in [9.17, 15) is 8.42 Å². The number of hydrogen-bond donors (Lipinski definition) is 1. The Morgan fingerprint density at radius 2 is 1.92 bits per heavy atom. The van der Waals surface area contributed by atoms with Gasteiger partial charge in [-0.15, -0.1) is 0 Å². The third-order valence-corrected chi connectivity index (χ3v) is 5.73. The van der Waals surface area contributed by atoms with Crippen molar-refractivity contribution in [1.29, 1.82) is 0 Å². The summed E-state index contributed by atoms with van der Waals surface area (Å²) in [5.41, 5.74) is 0.391. The molecule has 3 rings (SSSR count). The van der Waals surface area contributed by atoms with Crippen molar-refractivity contribution < 1.29 is 13.2 Å². The summed E-state index contributed by atoms with van der Waals surface area (Å²) in [4.78, 5) is 6.58. The van der Waals surface area contributed by atoms with Crippen LogP contribution in [0, 0.1) is 0 Å². The number of hydrogen-bond acceptors (Lipinski definition) is 5. The van der Waals surface area contributed by atoms with Gasteiger partial charge in [-0.1, -0.05) is 11.6 Å². The second kappa shape index (κ2) is 7.49. The van der Waals surface area contributed by atoms with E-state index in [4.69, 9.17) is 16.3 Å². The van der Waals surface area contributed by atoms with E-state index in [0.29, 0.717) is 10.7 Å². The molecule has 1 N–H and O–H groups in total. The Labute approximate surface area is 152 Å². The zero-order chi connectivity index (χ0) is 17.9. The van der Waals surface area contributed by atoms with Gasteiger partial charge in [-0.05, 0) is 49.6 Å². The number of halogens is 1. The summed E-state index contributed by atoms with van der Waals surface area (Å²) in [6, 6.07) is 8.01. The Morgan fingerprint density at radius 3 is 2.56 bits per heavy atom. The minimum Gasteiger partial charge on any atom is -0.495 e. The summed E-state index contributed by atoms with van der Waals surface area (Å²) in [6.07, 6.45) is 5.09. The van der Waals surface area contributed by atoms with Gasteiger partial charge in [0.2, 0.25) is 0 Å². The van der Waals surface area contributed by atoms with Crippen molar-refractivity contribution in [2.24, 2.45) is 0 Å². The average Bonchev–Trinajstić information content (AvgIpc) is 2.63. The van der Waals surface area contributed by atoms with Crippen LogP contribution in [0.5, 0.6) is 5.75 Å². The van der Waals surface area contributed by atoms with E-state index in [2.05, 4.69) is 14.6 Å². The molecule has 0 unspecified atom stereocenters. The normalized spacial score (nSPS) is 15.0. The monoisotopic (exact) mass is 381 g/mol. The molecule has 2 aromatic rings. The van der Waals surface area contributed by atoms with Gasteiger partial charge in [-0.2, -0.15) is 0 Å². The van der Waals surface area contributed by atoms with Crippen LogP contribution < -0.4 is 14.4 Å². The van der Waals surface area contributed by atoms with Gasteiger partial charge < -0.3 is 9.64 Å². The lowest BCUT2D eigenvalue weighted by molar-refractivity contribution is 0.403. The number of piperidine rings is 1. The topological polar surface area (TPSA) is 71.5 Å². The van der Waals surface area contributed by atoms with E-state index >= 15 is 0 Å². The zero-order valence-corrected chi connectivity index (χ0v) is 15.5. The van der Waals surface area contributed by atoms with Crippen LogP contribution in [-0.4, -0.2) is 33.6 Å². The molecule has 1 fully saturated rings. The molecule has 0 radical (unpaired) electrons. The first kappa shape index (κ1) is 17.8. The molecular formula is C17H20ClN3O3S. The van der Waals surface area contributed by atoms with Gasteiger partial charge in [0.25, 0.3) is 10.0 Å². The van der Waals surface area contributed by atoms with E-state index in [-0.39, 0.29) is 10.6 Å². The summed E-state index contributed by atoms with van der Waals surface area (Å²) < 4.78 is 32.9. The molecule has 6 nitrogen and oxygen atoms in total. The fraction of sp³-hybridized carbons (Fsp3) is 0.353. The van der Waals surface area contributed by atoms with Gasteiger partial charge in [-0.25, -0.2) is 13.4 Å². The molecule has 0 amide bonds. The fourth-order valence-corrected chi connectivity index (χ4v) is 4.30. The van der Waals surface area contributed by atoms with Crippen LogP contribution in [0.25, 0.3) is 0 Å². The molecule has 1 saturated heterocycles. The van der Waals surface area contributed by atoms with Crippen LogP contribution in [0.2, 0.25) is 5.02 Å². The van der Waals surface area contributed by atoms with Gasteiger partial charge in [0.05, 0.1) is 19.0 Å². The molecule has 1 aromatic heterocycles. The summed E-state index contributed by atoms with van der Waals surface area (Å²) in [6.45, 7) is 1.97. The highest BCUT2D eigenvalue weighted by molar-refractivity contribution is 7.92. The van der Waals surface area contributed by atoms with Gasteiger partial charge in [0.1, 0.15) is 16.5 Å². The molecule has 2 heterocycles. The number of methoxy groups -OCH3 is 1. The number of nitrogens with zero attached hydrogens (tertiary/aromatic N) is 2. The lowest BCUT2D eigenvalue weighted by Crippen LogP contribution is -2.30. The predicted molar refractivity (Wildman–Crippen MR) is 99.1 cm³/mol. The fourth-order valence-electron chi connectivity index (χ4n) is 2.83. The van der Waals surface area contributed by atoms with Crippen molar-refractivity contribution in [2.75, 3.05) is 29.8 Å². The lowest BCUT2D eigenvalue weighted by atomic mass is 10.1. The van der Waals surface area contributed by atoms with Crippen LogP contribution in [0.1, 0.15) is 19.3 Å². The number of sulfonamides is 1. The maximum absolute atomic E-state index is 12.6. The molecule has 0 spiro atoms. The standard InChI is InChI=1S/C17H20ClN3O3S/c1-24-15-7-5-13(18)11-16(15)25(22,23)20-14-6-8-17(19-12-14)21-9-3-2-4-10-21/h5-8,11-12,20H,2-4,9-10H2,1H3. The quantitative estimate of drug-likeness (QED) is 0.857. The number of pyridine rings is 1. The minimum absolute atomic E-state index is 0.0115. The molecule has 1 aliphatic rings. The van der Waals surface area contributed by atoms with Gasteiger partial charge in [0, 0.05) is 18.1 Å². The first-order valence-corrected chi connectivity index (χ1v) is 9.93. The van der Waals surface area contributed by atoms with E-state index in [1.807, 2.05) is 6.07 Å². The van der Waals surface area contributed by atoms with Crippen molar-refractivity contribution in [1.82, 2.24) is 4.98 Å². The van der Waals surface area contributed by atoms with E-state index < -0.39 is 10.0 Å². The number of aromatic nitrogens is 1. The largest absolute Gasteiger partial charge is 0.495 e. The van der Waals surface area contributed by atoms with Crippen LogP contribution in [0.4, 0.5) is 11.5 Å². The molecule has 0 bridgehead atoms. The first-order chi connectivity index (χ1) is 12.0. The number of ether oxygens (including phenoxy) is 1. The highest BCUT2D eigenvalue weighted by Crippen LogP contribution is 2.29. The second-order valence-electron chi connectivity index (χ2n) is 5.85. The number of benzene rings is 1. The summed E-state index contributed by atoms with van der Waals surface area (Å²) in [5.74, 6) is 1.10. The predicted octanol–water partition coefficient (Wildman–Crippen LogP) is 3.53. The Kier molecular flexibility index (Phi) is 5.34. The third kappa shape index (κ3) is 4.16. The molecule has 1 aromatic carbocycles. The highest BCUT2D eigenvalue weighted by atomic mass is 35.5. The Hall–Kier alpha value is -1.99. The summed E-state index contributed by atoms with van der Waals surface area (Å²) >= 11 is 5.92. The van der Waals surface area contributed by atoms with Crippen LogP contribution >= 0.6 is 11.6 Å². The van der Waals surface area contributed by atoms with Gasteiger partial charge in [-0.3, -0.25) is 4.72 Å². The van der Waals surface area contributed by atoms with Crippen LogP contribution in [0.3, 0.4) is 0 Å². The minimum atomic E-state index is -3.83. The van der Waals surface area contributed by atoms with Crippen molar-refractivity contribution in [3.05, 3.63) is 41.6 Å². The van der Waals surface area contributed by atoms with Crippen molar-refractivity contribution in [3.63, 3.8) is 0 Å². The summed E-state index contributed by atoms with van der Waals surface area (Å²) in [5, 5.41) is 0.319. The van der Waals surface area contributed by atoms with E-state index in [1.54, 1.807) is 12.1 Å². The molecule has 0 aliphatic carbocycles. The molecule has 25 heavy (non-hydrogen) atoms. The van der Waals surface area contributed by atoms with Crippen molar-refractivity contribution in [3.8, 4) is 5.75 Å². The zero-order valence-electron chi connectivity index (χ0n) is 13.9. The van der Waals surface area contributed by atoms with Crippen LogP contribution in [-0.2, 0) is 10.0 Å². The maximum Gasteiger partial charge on any atom is 0.265 e. The SMILES string of the molecule is COc1ccc(Cl)cc1S(=O)(=O)Nc1ccc(N2CCCCC2)nc1. The Morgan fingerprint density at radius 1 is 1.16 bits per heavy atom. The van der Waals surface area contributed by atoms with E-state index in [1.165, 1.54) is 31.9 Å². The molecule has 0 atom stereocenters. The maximum atomic E-state index is 12.6. The Balaban J connectivity index is 1.80. The molecule has 0 saturated carbocycles. The van der Waals surface area contributed by atoms with Crippen molar-refractivity contribution in [2.45, 2.75) is 24.2 Å². The number of anilines is 2. The van der Waals surface area contributed by atoms with Gasteiger partial charge in [0.15, 0.2) is 0 Å². The number of nitrogens with one attached hydrogen (secondary N) is 1. The van der Waals surface area contributed by atoms with Crippen molar-refractivity contribution >= 4 is 33.1 Å². The molecule has 1 aliphatic heterocycles. The first-order valence-electron chi connectivity index (χ1n) is 8.07. The third-order valence-electron chi connectivity index (χ3n) is 4.10. The second-order valence-corrected chi connectivity index (χ2v) is 7.94. The Bertz CT molecular complexity index is 835. The van der Waals surface area contributed by atoms with Crippen LogP contribution in [0.15, 0.2) is 41.4 Å². The molecule has 8 heteroatoms. The highest BCUT2D eigenvalue weighted by Gasteiger charge is 2.20. The number of rotatable bonds is 5. The average molecular weight is 382 g/mol. The smallest absolute Gasteiger partial charge is 0.265 e. The lowest BCUT2D eigenvalue weighted by Gasteiger charge is -2.27. The molecule has 134 valence electrons. The summed E-state index contributed by atoms with van der Waals surface area (Å²) in [7, 11) is -2.42. The van der Waals surface area contributed by atoms with E-state index in [0.717, 1.165) is 31.7 Å². The molecular weight excluding hydrogens is 362 g/mol.